The van der Waals surface area contributed by atoms with E-state index in [2.05, 4.69) is 12.2 Å². The zero-order valence-electron chi connectivity index (χ0n) is 11.9. The highest BCUT2D eigenvalue weighted by Crippen LogP contribution is 2.15. The first kappa shape index (κ1) is 14.2. The lowest BCUT2D eigenvalue weighted by Crippen LogP contribution is -2.15. The van der Waals surface area contributed by atoms with Crippen LogP contribution in [0.5, 0.6) is 5.75 Å². The predicted molar refractivity (Wildman–Crippen MR) is 81.2 cm³/mol. The fourth-order valence-corrected chi connectivity index (χ4v) is 1.87. The molecule has 4 nitrogen and oxygen atoms in total. The molecule has 4 heteroatoms. The molecule has 0 fully saturated rings. The highest BCUT2D eigenvalue weighted by Gasteiger charge is 1.98. The Morgan fingerprint density at radius 3 is 2.85 bits per heavy atom. The fourth-order valence-electron chi connectivity index (χ4n) is 1.87. The van der Waals surface area contributed by atoms with E-state index in [1.54, 1.807) is 29.9 Å². The lowest BCUT2D eigenvalue weighted by Gasteiger charge is -2.09. The molecule has 0 unspecified atom stereocenters. The Hall–Kier alpha value is -2.23. The second kappa shape index (κ2) is 6.80. The van der Waals surface area contributed by atoms with Gasteiger partial charge in [-0.15, -0.1) is 0 Å². The maximum absolute atomic E-state index is 11.3. The molecule has 20 heavy (non-hydrogen) atoms. The molecule has 0 atom stereocenters. The summed E-state index contributed by atoms with van der Waals surface area (Å²) >= 11 is 0. The first-order chi connectivity index (χ1) is 9.69. The minimum atomic E-state index is -0.00878. The van der Waals surface area contributed by atoms with Crippen molar-refractivity contribution in [1.29, 1.82) is 0 Å². The van der Waals surface area contributed by atoms with Gasteiger partial charge in [0.15, 0.2) is 0 Å². The molecule has 0 spiro atoms. The highest BCUT2D eigenvalue weighted by atomic mass is 16.5. The lowest BCUT2D eigenvalue weighted by molar-refractivity contribution is 0.317. The van der Waals surface area contributed by atoms with Crippen LogP contribution in [0.15, 0.2) is 47.4 Å². The molecule has 2 aromatic rings. The van der Waals surface area contributed by atoms with Crippen molar-refractivity contribution in [1.82, 2.24) is 4.57 Å². The summed E-state index contributed by atoms with van der Waals surface area (Å²) in [6.45, 7) is 3.52. The summed E-state index contributed by atoms with van der Waals surface area (Å²) in [5.74, 6) is 0.895. The number of nitrogens with one attached hydrogen (secondary N) is 1. The molecule has 0 aliphatic rings. The van der Waals surface area contributed by atoms with Crippen LogP contribution in [0.4, 0.5) is 5.69 Å². The standard InChI is InChI=1S/C16H20N2O2/c1-3-9-20-15-6-4-5-13(10-15)11-17-14-7-8-16(19)18(2)12-14/h4-8,10,12,17H,3,9,11H2,1-2H3. The number of nitrogens with zero attached hydrogens (tertiary/aromatic N) is 1. The van der Waals surface area contributed by atoms with Crippen LogP contribution >= 0.6 is 0 Å². The van der Waals surface area contributed by atoms with Crippen LogP contribution in [0, 0.1) is 0 Å². The molecule has 1 N–H and O–H groups in total. The maximum Gasteiger partial charge on any atom is 0.250 e. The van der Waals surface area contributed by atoms with E-state index in [1.807, 2.05) is 24.3 Å². The highest BCUT2D eigenvalue weighted by molar-refractivity contribution is 5.41. The van der Waals surface area contributed by atoms with Gasteiger partial charge in [-0.25, -0.2) is 0 Å². The number of ether oxygens (including phenoxy) is 1. The molecule has 106 valence electrons. The SMILES string of the molecule is CCCOc1cccc(CNc2ccc(=O)n(C)c2)c1. The van der Waals surface area contributed by atoms with Crippen molar-refractivity contribution in [3.05, 3.63) is 58.5 Å². The number of rotatable bonds is 6. The van der Waals surface area contributed by atoms with Crippen LogP contribution < -0.4 is 15.6 Å². The third kappa shape index (κ3) is 3.88. The first-order valence-electron chi connectivity index (χ1n) is 6.81. The van der Waals surface area contributed by atoms with Gasteiger partial charge in [-0.3, -0.25) is 4.79 Å². The summed E-state index contributed by atoms with van der Waals surface area (Å²) < 4.78 is 7.17. The Morgan fingerprint density at radius 1 is 1.25 bits per heavy atom. The molecule has 1 aromatic heterocycles. The van der Waals surface area contributed by atoms with Gasteiger partial charge in [0.25, 0.3) is 0 Å². The zero-order chi connectivity index (χ0) is 14.4. The molecule has 1 aromatic carbocycles. The predicted octanol–water partition coefficient (Wildman–Crippen LogP) is 2.79. The number of anilines is 1. The van der Waals surface area contributed by atoms with Crippen molar-refractivity contribution in [2.45, 2.75) is 19.9 Å². The molecule has 2 rings (SSSR count). The third-order valence-electron chi connectivity index (χ3n) is 2.95. The second-order valence-corrected chi connectivity index (χ2v) is 4.72. The van der Waals surface area contributed by atoms with Gasteiger partial charge >= 0.3 is 0 Å². The van der Waals surface area contributed by atoms with Gasteiger partial charge < -0.3 is 14.6 Å². The summed E-state index contributed by atoms with van der Waals surface area (Å²) in [7, 11) is 1.74. The molecule has 0 aliphatic heterocycles. The average molecular weight is 272 g/mol. The van der Waals surface area contributed by atoms with Gasteiger partial charge in [-0.05, 0) is 30.2 Å². The Balaban J connectivity index is 1.99. The summed E-state index contributed by atoms with van der Waals surface area (Å²) in [5.41, 5.74) is 2.06. The first-order valence-corrected chi connectivity index (χ1v) is 6.81. The van der Waals surface area contributed by atoms with E-state index in [-0.39, 0.29) is 5.56 Å². The molecular formula is C16H20N2O2. The molecule has 0 radical (unpaired) electrons. The summed E-state index contributed by atoms with van der Waals surface area (Å²) in [5, 5.41) is 3.30. The van der Waals surface area contributed by atoms with Crippen molar-refractivity contribution in [3.8, 4) is 5.75 Å². The van der Waals surface area contributed by atoms with E-state index in [9.17, 15) is 4.79 Å². The fraction of sp³-hybridized carbons (Fsp3) is 0.312. The number of aromatic nitrogens is 1. The Morgan fingerprint density at radius 2 is 2.10 bits per heavy atom. The summed E-state index contributed by atoms with van der Waals surface area (Å²) in [4.78, 5) is 11.3. The van der Waals surface area contributed by atoms with Crippen molar-refractivity contribution in [2.24, 2.45) is 7.05 Å². The van der Waals surface area contributed by atoms with E-state index < -0.39 is 0 Å². The molecule has 0 bridgehead atoms. The van der Waals surface area contributed by atoms with Crippen LogP contribution in [0.3, 0.4) is 0 Å². The van der Waals surface area contributed by atoms with Gasteiger partial charge in [-0.2, -0.15) is 0 Å². The number of aryl methyl sites for hydroxylation is 1. The van der Waals surface area contributed by atoms with Gasteiger partial charge in [-0.1, -0.05) is 19.1 Å². The normalized spacial score (nSPS) is 10.3. The number of pyridine rings is 1. The van der Waals surface area contributed by atoms with Crippen molar-refractivity contribution < 1.29 is 4.74 Å². The largest absolute Gasteiger partial charge is 0.494 e. The van der Waals surface area contributed by atoms with Gasteiger partial charge in [0.1, 0.15) is 5.75 Å². The van der Waals surface area contributed by atoms with E-state index in [1.165, 1.54) is 0 Å². The van der Waals surface area contributed by atoms with Crippen LogP contribution in [-0.4, -0.2) is 11.2 Å². The summed E-state index contributed by atoms with van der Waals surface area (Å²) in [6, 6.07) is 11.4. The van der Waals surface area contributed by atoms with Crippen molar-refractivity contribution in [2.75, 3.05) is 11.9 Å². The zero-order valence-corrected chi connectivity index (χ0v) is 11.9. The summed E-state index contributed by atoms with van der Waals surface area (Å²) in [6.07, 6.45) is 2.79. The quantitative estimate of drug-likeness (QED) is 0.879. The van der Waals surface area contributed by atoms with E-state index >= 15 is 0 Å². The minimum Gasteiger partial charge on any atom is -0.494 e. The molecular weight excluding hydrogens is 252 g/mol. The molecule has 0 saturated heterocycles. The maximum atomic E-state index is 11.3. The Labute approximate surface area is 119 Å². The smallest absolute Gasteiger partial charge is 0.250 e. The third-order valence-corrected chi connectivity index (χ3v) is 2.95. The number of hydrogen-bond acceptors (Lipinski definition) is 3. The van der Waals surface area contributed by atoms with Crippen LogP contribution in [-0.2, 0) is 13.6 Å². The molecule has 1 heterocycles. The van der Waals surface area contributed by atoms with Crippen LogP contribution in [0.1, 0.15) is 18.9 Å². The van der Waals surface area contributed by atoms with Gasteiger partial charge in [0.2, 0.25) is 5.56 Å². The topological polar surface area (TPSA) is 43.3 Å². The lowest BCUT2D eigenvalue weighted by atomic mass is 10.2. The van der Waals surface area contributed by atoms with E-state index in [4.69, 9.17) is 4.74 Å². The molecule has 0 saturated carbocycles. The Bertz CT molecular complexity index is 620. The number of hydrogen-bond donors (Lipinski definition) is 1. The molecule has 0 aliphatic carbocycles. The monoisotopic (exact) mass is 272 g/mol. The van der Waals surface area contributed by atoms with Gasteiger partial charge in [0.05, 0.1) is 12.3 Å². The number of benzene rings is 1. The molecule has 0 amide bonds. The van der Waals surface area contributed by atoms with E-state index in [0.717, 1.165) is 30.0 Å². The van der Waals surface area contributed by atoms with E-state index in [0.29, 0.717) is 6.54 Å². The van der Waals surface area contributed by atoms with Gasteiger partial charge in [0, 0.05) is 25.9 Å². The Kier molecular flexibility index (Phi) is 4.82. The van der Waals surface area contributed by atoms with Crippen molar-refractivity contribution in [3.63, 3.8) is 0 Å². The van der Waals surface area contributed by atoms with Crippen LogP contribution in [0.25, 0.3) is 0 Å². The second-order valence-electron chi connectivity index (χ2n) is 4.72. The minimum absolute atomic E-state index is 0.00878. The average Bonchev–Trinajstić information content (AvgIpc) is 2.47. The van der Waals surface area contributed by atoms with Crippen LogP contribution in [0.2, 0.25) is 0 Å². The van der Waals surface area contributed by atoms with Crippen molar-refractivity contribution >= 4 is 5.69 Å².